The number of nitrogen functional groups attached to an aromatic ring is 1. The summed E-state index contributed by atoms with van der Waals surface area (Å²) >= 11 is 0. The van der Waals surface area contributed by atoms with E-state index in [1.807, 2.05) is 19.9 Å². The van der Waals surface area contributed by atoms with E-state index in [1.54, 1.807) is 12.1 Å². The van der Waals surface area contributed by atoms with E-state index >= 15 is 0 Å². The number of halogens is 1. The standard InChI is InChI=1S/C15H19FN4O/c1-3-21-9-15-19-13(17)8-14(20-15)18-10(2)11-5-4-6-12(16)7-11/h4-8,10H,3,9H2,1-2H3,(H3,17,18,19,20). The predicted octanol–water partition coefficient (Wildman–Crippen LogP) is 2.91. The summed E-state index contributed by atoms with van der Waals surface area (Å²) in [5, 5.41) is 3.19. The van der Waals surface area contributed by atoms with Gasteiger partial charge < -0.3 is 15.8 Å². The van der Waals surface area contributed by atoms with Crippen molar-refractivity contribution in [2.75, 3.05) is 17.7 Å². The molecule has 0 spiro atoms. The number of nitrogens with one attached hydrogen (secondary N) is 1. The van der Waals surface area contributed by atoms with Gasteiger partial charge in [0.25, 0.3) is 0 Å². The monoisotopic (exact) mass is 290 g/mol. The zero-order chi connectivity index (χ0) is 15.2. The Labute approximate surface area is 123 Å². The van der Waals surface area contributed by atoms with Crippen molar-refractivity contribution in [3.8, 4) is 0 Å². The van der Waals surface area contributed by atoms with Gasteiger partial charge in [-0.25, -0.2) is 14.4 Å². The van der Waals surface area contributed by atoms with Gasteiger partial charge >= 0.3 is 0 Å². The molecule has 0 fully saturated rings. The van der Waals surface area contributed by atoms with Crippen LogP contribution in [0.15, 0.2) is 30.3 Å². The van der Waals surface area contributed by atoms with Crippen LogP contribution in [0.3, 0.4) is 0 Å². The van der Waals surface area contributed by atoms with Crippen LogP contribution in [0.2, 0.25) is 0 Å². The summed E-state index contributed by atoms with van der Waals surface area (Å²) in [4.78, 5) is 8.45. The fourth-order valence-corrected chi connectivity index (χ4v) is 1.93. The van der Waals surface area contributed by atoms with Gasteiger partial charge in [-0.3, -0.25) is 0 Å². The van der Waals surface area contributed by atoms with Crippen molar-refractivity contribution in [3.63, 3.8) is 0 Å². The number of nitrogens with two attached hydrogens (primary N) is 1. The van der Waals surface area contributed by atoms with E-state index in [4.69, 9.17) is 10.5 Å². The average molecular weight is 290 g/mol. The first-order chi connectivity index (χ1) is 10.1. The van der Waals surface area contributed by atoms with Gasteiger partial charge in [0.1, 0.15) is 24.1 Å². The highest BCUT2D eigenvalue weighted by molar-refractivity contribution is 5.46. The molecule has 1 aromatic carbocycles. The lowest BCUT2D eigenvalue weighted by Gasteiger charge is -2.16. The van der Waals surface area contributed by atoms with Crippen LogP contribution < -0.4 is 11.1 Å². The van der Waals surface area contributed by atoms with E-state index < -0.39 is 0 Å². The highest BCUT2D eigenvalue weighted by Crippen LogP contribution is 2.19. The topological polar surface area (TPSA) is 73.1 Å². The molecule has 0 aliphatic heterocycles. The van der Waals surface area contributed by atoms with Crippen LogP contribution in [0.1, 0.15) is 31.3 Å². The van der Waals surface area contributed by atoms with Gasteiger partial charge in [0.2, 0.25) is 0 Å². The molecule has 5 nitrogen and oxygen atoms in total. The summed E-state index contributed by atoms with van der Waals surface area (Å²) in [6.07, 6.45) is 0. The second kappa shape index (κ2) is 6.99. The van der Waals surface area contributed by atoms with Crippen LogP contribution in [0, 0.1) is 5.82 Å². The Bertz CT molecular complexity index is 606. The van der Waals surface area contributed by atoms with Gasteiger partial charge in [-0.2, -0.15) is 0 Å². The van der Waals surface area contributed by atoms with Crippen molar-refractivity contribution in [3.05, 3.63) is 47.5 Å². The Hall–Kier alpha value is -2.21. The third-order valence-electron chi connectivity index (χ3n) is 2.94. The highest BCUT2D eigenvalue weighted by Gasteiger charge is 2.09. The predicted molar refractivity (Wildman–Crippen MR) is 80.2 cm³/mol. The van der Waals surface area contributed by atoms with Gasteiger partial charge in [-0.15, -0.1) is 0 Å². The minimum atomic E-state index is -0.264. The maximum absolute atomic E-state index is 13.2. The van der Waals surface area contributed by atoms with E-state index in [0.717, 1.165) is 5.56 Å². The van der Waals surface area contributed by atoms with Crippen molar-refractivity contribution in [1.82, 2.24) is 9.97 Å². The number of anilines is 2. The largest absolute Gasteiger partial charge is 0.384 e. The first kappa shape index (κ1) is 15.2. The Morgan fingerprint density at radius 1 is 1.33 bits per heavy atom. The molecule has 1 heterocycles. The lowest BCUT2D eigenvalue weighted by atomic mass is 10.1. The minimum absolute atomic E-state index is 0.102. The van der Waals surface area contributed by atoms with Crippen LogP contribution >= 0.6 is 0 Å². The number of aromatic nitrogens is 2. The number of benzene rings is 1. The van der Waals surface area contributed by atoms with Gasteiger partial charge in [0.15, 0.2) is 5.82 Å². The molecule has 112 valence electrons. The summed E-state index contributed by atoms with van der Waals surface area (Å²) in [5.74, 6) is 1.22. The number of rotatable bonds is 6. The molecule has 0 aliphatic carbocycles. The third-order valence-corrected chi connectivity index (χ3v) is 2.94. The minimum Gasteiger partial charge on any atom is -0.384 e. The lowest BCUT2D eigenvalue weighted by Crippen LogP contribution is -2.11. The second-order valence-corrected chi connectivity index (χ2v) is 4.65. The summed E-state index contributed by atoms with van der Waals surface area (Å²) in [5.41, 5.74) is 6.59. The summed E-state index contributed by atoms with van der Waals surface area (Å²) in [6.45, 7) is 4.72. The smallest absolute Gasteiger partial charge is 0.158 e. The maximum Gasteiger partial charge on any atom is 0.158 e. The fraction of sp³-hybridized carbons (Fsp3) is 0.333. The van der Waals surface area contributed by atoms with E-state index in [1.165, 1.54) is 12.1 Å². The molecule has 1 atom stereocenters. The summed E-state index contributed by atoms with van der Waals surface area (Å²) in [7, 11) is 0. The second-order valence-electron chi connectivity index (χ2n) is 4.65. The summed E-state index contributed by atoms with van der Waals surface area (Å²) in [6, 6.07) is 7.98. The quantitative estimate of drug-likeness (QED) is 0.855. The van der Waals surface area contributed by atoms with Gasteiger partial charge in [0.05, 0.1) is 6.04 Å². The van der Waals surface area contributed by atoms with Crippen molar-refractivity contribution in [1.29, 1.82) is 0 Å². The third kappa shape index (κ3) is 4.39. The van der Waals surface area contributed by atoms with Crippen molar-refractivity contribution >= 4 is 11.6 Å². The Morgan fingerprint density at radius 2 is 2.14 bits per heavy atom. The molecule has 2 rings (SSSR count). The Morgan fingerprint density at radius 3 is 2.86 bits per heavy atom. The average Bonchev–Trinajstić information content (AvgIpc) is 2.44. The Kier molecular flexibility index (Phi) is 5.05. The number of nitrogens with zero attached hydrogens (tertiary/aromatic N) is 2. The van der Waals surface area contributed by atoms with Gasteiger partial charge in [-0.05, 0) is 31.5 Å². The number of hydrogen-bond acceptors (Lipinski definition) is 5. The van der Waals surface area contributed by atoms with Crippen LogP contribution in [0.4, 0.5) is 16.0 Å². The first-order valence-corrected chi connectivity index (χ1v) is 6.81. The Balaban J connectivity index is 2.13. The molecule has 2 aromatic rings. The molecular formula is C15H19FN4O. The number of hydrogen-bond donors (Lipinski definition) is 2. The number of ether oxygens (including phenoxy) is 1. The maximum atomic E-state index is 13.2. The molecular weight excluding hydrogens is 271 g/mol. The zero-order valence-corrected chi connectivity index (χ0v) is 12.1. The SMILES string of the molecule is CCOCc1nc(N)cc(NC(C)c2cccc(F)c2)n1. The molecule has 1 aromatic heterocycles. The van der Waals surface area contributed by atoms with Gasteiger partial charge in [-0.1, -0.05) is 12.1 Å². The van der Waals surface area contributed by atoms with E-state index in [9.17, 15) is 4.39 Å². The van der Waals surface area contributed by atoms with E-state index in [0.29, 0.717) is 30.7 Å². The first-order valence-electron chi connectivity index (χ1n) is 6.81. The van der Waals surface area contributed by atoms with Crippen LogP contribution in [0.25, 0.3) is 0 Å². The van der Waals surface area contributed by atoms with Gasteiger partial charge in [0, 0.05) is 12.7 Å². The molecule has 21 heavy (non-hydrogen) atoms. The van der Waals surface area contributed by atoms with Crippen LogP contribution in [-0.2, 0) is 11.3 Å². The molecule has 0 saturated carbocycles. The molecule has 3 N–H and O–H groups in total. The van der Waals surface area contributed by atoms with E-state index in [-0.39, 0.29) is 11.9 Å². The summed E-state index contributed by atoms with van der Waals surface area (Å²) < 4.78 is 18.5. The molecule has 0 radical (unpaired) electrons. The van der Waals surface area contributed by atoms with Crippen LogP contribution in [0.5, 0.6) is 0 Å². The van der Waals surface area contributed by atoms with Crippen molar-refractivity contribution in [2.45, 2.75) is 26.5 Å². The molecule has 0 amide bonds. The molecule has 6 heteroatoms. The fourth-order valence-electron chi connectivity index (χ4n) is 1.93. The highest BCUT2D eigenvalue weighted by atomic mass is 19.1. The molecule has 0 bridgehead atoms. The lowest BCUT2D eigenvalue weighted by molar-refractivity contribution is 0.128. The van der Waals surface area contributed by atoms with Crippen LogP contribution in [-0.4, -0.2) is 16.6 Å². The molecule has 1 unspecified atom stereocenters. The van der Waals surface area contributed by atoms with Crippen molar-refractivity contribution < 1.29 is 9.13 Å². The van der Waals surface area contributed by atoms with Crippen molar-refractivity contribution in [2.24, 2.45) is 0 Å². The molecule has 0 saturated heterocycles. The normalized spacial score (nSPS) is 12.1. The zero-order valence-electron chi connectivity index (χ0n) is 12.1. The van der Waals surface area contributed by atoms with E-state index in [2.05, 4.69) is 15.3 Å². The molecule has 0 aliphatic rings.